The first-order chi connectivity index (χ1) is 8.70. The molecule has 2 heteroatoms. The van der Waals surface area contributed by atoms with E-state index in [1.165, 1.54) is 24.8 Å². The summed E-state index contributed by atoms with van der Waals surface area (Å²) >= 11 is 0. The average Bonchev–Trinajstić information content (AvgIpc) is 2.33. The Hall–Kier alpha value is -0.860. The van der Waals surface area contributed by atoms with Gasteiger partial charge in [0.15, 0.2) is 0 Å². The van der Waals surface area contributed by atoms with Crippen LogP contribution in [0, 0.1) is 0 Å². The van der Waals surface area contributed by atoms with Gasteiger partial charge in [0.05, 0.1) is 12.2 Å². The van der Waals surface area contributed by atoms with E-state index in [2.05, 4.69) is 18.2 Å². The fourth-order valence-corrected chi connectivity index (χ4v) is 2.44. The second kappa shape index (κ2) is 6.35. The van der Waals surface area contributed by atoms with Crippen molar-refractivity contribution < 1.29 is 9.84 Å². The summed E-state index contributed by atoms with van der Waals surface area (Å²) in [6, 6.07) is 8.49. The number of rotatable bonds is 6. The van der Waals surface area contributed by atoms with E-state index in [-0.39, 0.29) is 12.2 Å². The van der Waals surface area contributed by atoms with Crippen molar-refractivity contribution in [1.29, 1.82) is 0 Å². The highest BCUT2D eigenvalue weighted by Crippen LogP contribution is 2.37. The quantitative estimate of drug-likeness (QED) is 0.829. The van der Waals surface area contributed by atoms with E-state index in [0.29, 0.717) is 0 Å². The molecule has 0 bridgehead atoms. The molecule has 0 amide bonds. The van der Waals surface area contributed by atoms with Gasteiger partial charge in [-0.25, -0.2) is 0 Å². The molecule has 2 atom stereocenters. The van der Waals surface area contributed by atoms with Gasteiger partial charge >= 0.3 is 0 Å². The molecule has 0 radical (unpaired) electrons. The van der Waals surface area contributed by atoms with Crippen LogP contribution in [0.2, 0.25) is 0 Å². The Bertz CT molecular complexity index is 371. The van der Waals surface area contributed by atoms with Gasteiger partial charge in [0, 0.05) is 7.11 Å². The van der Waals surface area contributed by atoms with Crippen LogP contribution >= 0.6 is 0 Å². The van der Waals surface area contributed by atoms with E-state index < -0.39 is 0 Å². The van der Waals surface area contributed by atoms with Crippen LogP contribution in [-0.4, -0.2) is 18.3 Å². The lowest BCUT2D eigenvalue weighted by Gasteiger charge is -2.26. The van der Waals surface area contributed by atoms with Crippen molar-refractivity contribution in [3.05, 3.63) is 35.4 Å². The zero-order valence-electron chi connectivity index (χ0n) is 11.4. The van der Waals surface area contributed by atoms with E-state index in [9.17, 15) is 5.11 Å². The topological polar surface area (TPSA) is 29.5 Å². The maximum Gasteiger partial charge on any atom is 0.0791 e. The van der Waals surface area contributed by atoms with Gasteiger partial charge in [-0.2, -0.15) is 0 Å². The summed E-state index contributed by atoms with van der Waals surface area (Å²) in [5, 5.41) is 10.2. The Balaban J connectivity index is 1.94. The minimum absolute atomic E-state index is 0.217. The van der Waals surface area contributed by atoms with Crippen LogP contribution in [-0.2, 0) is 4.74 Å². The summed E-state index contributed by atoms with van der Waals surface area (Å²) in [5.41, 5.74) is 2.46. The molecule has 18 heavy (non-hydrogen) atoms. The molecule has 0 aliphatic heterocycles. The van der Waals surface area contributed by atoms with E-state index in [0.717, 1.165) is 24.3 Å². The number of hydrogen-bond acceptors (Lipinski definition) is 2. The molecule has 0 heterocycles. The SMILES string of the molecule is COC(C)CCC(O)c1cccc(C2CCC2)c1. The molecule has 2 unspecified atom stereocenters. The predicted molar refractivity (Wildman–Crippen MR) is 73.7 cm³/mol. The molecule has 100 valence electrons. The molecule has 2 nitrogen and oxygen atoms in total. The maximum atomic E-state index is 10.2. The predicted octanol–water partition coefficient (Wildman–Crippen LogP) is 3.80. The average molecular weight is 248 g/mol. The second-order valence-corrected chi connectivity index (χ2v) is 5.44. The fourth-order valence-electron chi connectivity index (χ4n) is 2.44. The van der Waals surface area contributed by atoms with Gasteiger partial charge in [-0.15, -0.1) is 0 Å². The summed E-state index contributed by atoms with van der Waals surface area (Å²) < 4.78 is 5.21. The van der Waals surface area contributed by atoms with Crippen molar-refractivity contribution in [2.45, 2.75) is 57.2 Å². The molecular weight excluding hydrogens is 224 g/mol. The number of methoxy groups -OCH3 is 1. The number of aliphatic hydroxyl groups excluding tert-OH is 1. The first-order valence-corrected chi connectivity index (χ1v) is 7.01. The summed E-state index contributed by atoms with van der Waals surface area (Å²) in [5.74, 6) is 0.732. The lowest BCUT2D eigenvalue weighted by atomic mass is 9.79. The van der Waals surface area contributed by atoms with Crippen LogP contribution in [0.25, 0.3) is 0 Å². The van der Waals surface area contributed by atoms with Gasteiger partial charge in [0.25, 0.3) is 0 Å². The third-order valence-electron chi connectivity index (χ3n) is 4.12. The third-order valence-corrected chi connectivity index (χ3v) is 4.12. The first kappa shape index (κ1) is 13.6. The smallest absolute Gasteiger partial charge is 0.0791 e. The molecule has 0 saturated heterocycles. The van der Waals surface area contributed by atoms with Crippen LogP contribution in [0.3, 0.4) is 0 Å². The second-order valence-electron chi connectivity index (χ2n) is 5.44. The summed E-state index contributed by atoms with van der Waals surface area (Å²) in [4.78, 5) is 0. The van der Waals surface area contributed by atoms with Gasteiger partial charge < -0.3 is 9.84 Å². The molecule has 2 rings (SSSR count). The Labute approximate surface area is 110 Å². The lowest BCUT2D eigenvalue weighted by molar-refractivity contribution is 0.0851. The minimum Gasteiger partial charge on any atom is -0.388 e. The lowest BCUT2D eigenvalue weighted by Crippen LogP contribution is -2.10. The van der Waals surface area contributed by atoms with E-state index in [1.54, 1.807) is 7.11 Å². The Morgan fingerprint density at radius 2 is 2.11 bits per heavy atom. The number of ether oxygens (including phenoxy) is 1. The van der Waals surface area contributed by atoms with Crippen molar-refractivity contribution >= 4 is 0 Å². The highest BCUT2D eigenvalue weighted by atomic mass is 16.5. The first-order valence-electron chi connectivity index (χ1n) is 7.01. The Morgan fingerprint density at radius 1 is 1.33 bits per heavy atom. The van der Waals surface area contributed by atoms with Gasteiger partial charge in [-0.3, -0.25) is 0 Å². The van der Waals surface area contributed by atoms with Gasteiger partial charge in [-0.05, 0) is 49.7 Å². The fraction of sp³-hybridized carbons (Fsp3) is 0.625. The number of benzene rings is 1. The van der Waals surface area contributed by atoms with Crippen molar-refractivity contribution in [3.8, 4) is 0 Å². The molecule has 0 spiro atoms. The maximum absolute atomic E-state index is 10.2. The van der Waals surface area contributed by atoms with E-state index in [4.69, 9.17) is 4.74 Å². The van der Waals surface area contributed by atoms with Crippen LogP contribution in [0.15, 0.2) is 24.3 Å². The van der Waals surface area contributed by atoms with Crippen molar-refractivity contribution in [2.75, 3.05) is 7.11 Å². The molecule has 0 aromatic heterocycles. The summed E-state index contributed by atoms with van der Waals surface area (Å²) in [6.07, 6.45) is 5.48. The van der Waals surface area contributed by atoms with Crippen LogP contribution in [0.5, 0.6) is 0 Å². The largest absolute Gasteiger partial charge is 0.388 e. The zero-order valence-corrected chi connectivity index (χ0v) is 11.4. The minimum atomic E-state index is -0.359. The van der Waals surface area contributed by atoms with Crippen LogP contribution < -0.4 is 0 Å². The molecule has 1 aliphatic rings. The molecule has 1 N–H and O–H groups in total. The van der Waals surface area contributed by atoms with Crippen LogP contribution in [0.4, 0.5) is 0 Å². The normalized spacial score (nSPS) is 19.3. The van der Waals surface area contributed by atoms with Gasteiger partial charge in [0.1, 0.15) is 0 Å². The molecule has 1 aromatic rings. The van der Waals surface area contributed by atoms with Gasteiger partial charge in [-0.1, -0.05) is 30.7 Å². The highest BCUT2D eigenvalue weighted by molar-refractivity contribution is 5.28. The monoisotopic (exact) mass is 248 g/mol. The Kier molecular flexibility index (Phi) is 4.79. The summed E-state index contributed by atoms with van der Waals surface area (Å²) in [7, 11) is 1.72. The molecule has 1 saturated carbocycles. The van der Waals surface area contributed by atoms with Crippen LogP contribution in [0.1, 0.15) is 62.2 Å². The standard InChI is InChI=1S/C16H24O2/c1-12(18-2)9-10-16(17)15-8-4-7-14(11-15)13-5-3-6-13/h4,7-8,11-13,16-17H,3,5-6,9-10H2,1-2H3. The van der Waals surface area contributed by atoms with Crippen molar-refractivity contribution in [3.63, 3.8) is 0 Å². The van der Waals surface area contributed by atoms with E-state index >= 15 is 0 Å². The molecule has 1 fully saturated rings. The van der Waals surface area contributed by atoms with Gasteiger partial charge in [0.2, 0.25) is 0 Å². The third kappa shape index (κ3) is 3.33. The molecular formula is C16H24O2. The highest BCUT2D eigenvalue weighted by Gasteiger charge is 2.20. The molecule has 1 aliphatic carbocycles. The molecule has 1 aromatic carbocycles. The number of aliphatic hydroxyl groups is 1. The van der Waals surface area contributed by atoms with Crippen molar-refractivity contribution in [2.24, 2.45) is 0 Å². The Morgan fingerprint density at radius 3 is 2.72 bits per heavy atom. The zero-order chi connectivity index (χ0) is 13.0. The van der Waals surface area contributed by atoms with E-state index in [1.807, 2.05) is 13.0 Å². The number of hydrogen-bond donors (Lipinski definition) is 1. The summed E-state index contributed by atoms with van der Waals surface area (Å²) in [6.45, 7) is 2.04. The van der Waals surface area contributed by atoms with Crippen molar-refractivity contribution in [1.82, 2.24) is 0 Å².